The summed E-state index contributed by atoms with van der Waals surface area (Å²) in [6.07, 6.45) is 0.812. The molecule has 7 heteroatoms. The molecule has 0 radical (unpaired) electrons. The minimum atomic E-state index is -1.53. The maximum Gasteiger partial charge on any atom is 0.338 e. The van der Waals surface area contributed by atoms with Gasteiger partial charge in [0.05, 0.1) is 11.3 Å². The predicted molar refractivity (Wildman–Crippen MR) is 67.7 cm³/mol. The van der Waals surface area contributed by atoms with Crippen LogP contribution in [-0.4, -0.2) is 23.1 Å². The summed E-state index contributed by atoms with van der Waals surface area (Å²) in [5.74, 6) is -3.75. The number of rotatable bonds is 3. The van der Waals surface area contributed by atoms with Crippen LogP contribution in [0.2, 0.25) is 0 Å². The number of nitrogens with one attached hydrogen (secondary N) is 2. The largest absolute Gasteiger partial charge is 0.478 e. The summed E-state index contributed by atoms with van der Waals surface area (Å²) in [6.45, 7) is 3.94. The van der Waals surface area contributed by atoms with Gasteiger partial charge >= 0.3 is 12.0 Å². The Labute approximate surface area is 114 Å². The topological polar surface area (TPSA) is 78.4 Å². The number of carboxylic acids is 1. The first-order valence-corrected chi connectivity index (χ1v) is 6.00. The normalized spacial score (nSPS) is 19.3. The van der Waals surface area contributed by atoms with Crippen molar-refractivity contribution in [1.29, 1.82) is 0 Å². The maximum absolute atomic E-state index is 13.5. The first-order chi connectivity index (χ1) is 9.20. The second-order valence-electron chi connectivity index (χ2n) is 5.46. The van der Waals surface area contributed by atoms with Gasteiger partial charge in [-0.15, -0.1) is 0 Å². The number of carbonyl (C=O) groups is 2. The Balaban J connectivity index is 2.11. The van der Waals surface area contributed by atoms with Crippen LogP contribution in [0.5, 0.6) is 0 Å². The fourth-order valence-electron chi connectivity index (χ4n) is 1.84. The molecule has 1 aliphatic carbocycles. The Kier molecular flexibility index (Phi) is 3.37. The van der Waals surface area contributed by atoms with Gasteiger partial charge in [-0.05, 0) is 17.9 Å². The summed E-state index contributed by atoms with van der Waals surface area (Å²) < 4.78 is 26.7. The first kappa shape index (κ1) is 14.2. The zero-order valence-electron chi connectivity index (χ0n) is 11.0. The third-order valence-electron chi connectivity index (χ3n) is 3.35. The van der Waals surface area contributed by atoms with Crippen molar-refractivity contribution < 1.29 is 23.5 Å². The number of hydrogen-bond donors (Lipinski definition) is 3. The summed E-state index contributed by atoms with van der Waals surface area (Å²) in [5.41, 5.74) is -1.07. The molecule has 20 heavy (non-hydrogen) atoms. The van der Waals surface area contributed by atoms with E-state index >= 15 is 0 Å². The fourth-order valence-corrected chi connectivity index (χ4v) is 1.84. The monoisotopic (exact) mass is 284 g/mol. The molecule has 3 N–H and O–H groups in total. The van der Waals surface area contributed by atoms with E-state index < -0.39 is 29.2 Å². The fraction of sp³-hybridized carbons (Fsp3) is 0.385. The molecule has 1 aromatic rings. The van der Waals surface area contributed by atoms with Gasteiger partial charge in [-0.3, -0.25) is 0 Å². The lowest BCUT2D eigenvalue weighted by molar-refractivity contribution is 0.0692. The lowest BCUT2D eigenvalue weighted by Crippen LogP contribution is -2.33. The van der Waals surface area contributed by atoms with E-state index in [4.69, 9.17) is 5.11 Å². The van der Waals surface area contributed by atoms with Crippen molar-refractivity contribution in [2.45, 2.75) is 26.3 Å². The standard InChI is InChI=1S/C13H14F2N2O3/c1-13(2)5-10(13)17-12(20)16-9-3-6(11(18)19)7(14)4-8(9)15/h3-4,10H,5H2,1-2H3,(H,18,19)(H2,16,17,20). The Morgan fingerprint density at radius 3 is 2.40 bits per heavy atom. The minimum Gasteiger partial charge on any atom is -0.478 e. The van der Waals surface area contributed by atoms with E-state index in [9.17, 15) is 18.4 Å². The molecule has 0 aromatic heterocycles. The molecular formula is C13H14F2N2O3. The van der Waals surface area contributed by atoms with Crippen molar-refractivity contribution in [2.75, 3.05) is 5.32 Å². The van der Waals surface area contributed by atoms with Crippen LogP contribution in [0.4, 0.5) is 19.3 Å². The molecule has 1 aliphatic rings. The van der Waals surface area contributed by atoms with E-state index in [0.29, 0.717) is 6.07 Å². The van der Waals surface area contributed by atoms with Gasteiger partial charge in [0.15, 0.2) is 0 Å². The molecule has 2 amide bonds. The van der Waals surface area contributed by atoms with Crippen LogP contribution in [0.25, 0.3) is 0 Å². The quantitative estimate of drug-likeness (QED) is 0.798. The van der Waals surface area contributed by atoms with Crippen LogP contribution in [0.1, 0.15) is 30.6 Å². The molecule has 0 heterocycles. The summed E-state index contributed by atoms with van der Waals surface area (Å²) in [6, 6.07) is 0.525. The second kappa shape index (κ2) is 4.73. The first-order valence-electron chi connectivity index (χ1n) is 6.00. The van der Waals surface area contributed by atoms with E-state index in [-0.39, 0.29) is 17.1 Å². The van der Waals surface area contributed by atoms with Crippen LogP contribution in [-0.2, 0) is 0 Å². The highest BCUT2D eigenvalue weighted by molar-refractivity contribution is 5.93. The zero-order chi connectivity index (χ0) is 15.1. The van der Waals surface area contributed by atoms with Crippen molar-refractivity contribution in [3.8, 4) is 0 Å². The summed E-state index contributed by atoms with van der Waals surface area (Å²) in [4.78, 5) is 22.4. The number of anilines is 1. The molecule has 108 valence electrons. The molecule has 0 bridgehead atoms. The number of carboxylic acid groups (broad SMARTS) is 1. The molecule has 1 fully saturated rings. The van der Waals surface area contributed by atoms with E-state index in [1.807, 2.05) is 13.8 Å². The highest BCUT2D eigenvalue weighted by atomic mass is 19.1. The Morgan fingerprint density at radius 1 is 1.30 bits per heavy atom. The molecule has 2 rings (SSSR count). The van der Waals surface area contributed by atoms with Crippen molar-refractivity contribution in [1.82, 2.24) is 5.32 Å². The van der Waals surface area contributed by atoms with Crippen molar-refractivity contribution in [3.05, 3.63) is 29.3 Å². The van der Waals surface area contributed by atoms with Crippen molar-refractivity contribution >= 4 is 17.7 Å². The molecule has 5 nitrogen and oxygen atoms in total. The number of hydrogen-bond acceptors (Lipinski definition) is 2. The Morgan fingerprint density at radius 2 is 1.90 bits per heavy atom. The smallest absolute Gasteiger partial charge is 0.338 e. The Bertz CT molecular complexity index is 587. The number of urea groups is 1. The SMILES string of the molecule is CC1(C)CC1NC(=O)Nc1cc(C(=O)O)c(F)cc1F. The van der Waals surface area contributed by atoms with Crippen molar-refractivity contribution in [2.24, 2.45) is 5.41 Å². The molecule has 1 aromatic carbocycles. The van der Waals surface area contributed by atoms with Gasteiger partial charge in [0, 0.05) is 12.1 Å². The molecule has 0 aliphatic heterocycles. The summed E-state index contributed by atoms with van der Waals surface area (Å²) in [5, 5.41) is 13.6. The lowest BCUT2D eigenvalue weighted by atomic mass is 10.2. The summed E-state index contributed by atoms with van der Waals surface area (Å²) in [7, 11) is 0. The van der Waals surface area contributed by atoms with E-state index in [0.717, 1.165) is 12.5 Å². The van der Waals surface area contributed by atoms with Gasteiger partial charge < -0.3 is 15.7 Å². The molecule has 0 saturated heterocycles. The average Bonchev–Trinajstić information content (AvgIpc) is 2.89. The van der Waals surface area contributed by atoms with Gasteiger partial charge in [0.1, 0.15) is 11.6 Å². The van der Waals surface area contributed by atoms with Crippen LogP contribution >= 0.6 is 0 Å². The third kappa shape index (κ3) is 2.87. The molecule has 1 saturated carbocycles. The predicted octanol–water partition coefficient (Wildman–Crippen LogP) is 2.58. The summed E-state index contributed by atoms with van der Waals surface area (Å²) >= 11 is 0. The highest BCUT2D eigenvalue weighted by Gasteiger charge is 2.46. The Hall–Kier alpha value is -2.18. The van der Waals surface area contributed by atoms with Gasteiger partial charge in [-0.1, -0.05) is 13.8 Å². The van der Waals surface area contributed by atoms with Gasteiger partial charge in [0.2, 0.25) is 0 Å². The minimum absolute atomic E-state index is 0.00487. The number of halogens is 2. The lowest BCUT2D eigenvalue weighted by Gasteiger charge is -2.10. The van der Waals surface area contributed by atoms with Crippen molar-refractivity contribution in [3.63, 3.8) is 0 Å². The van der Waals surface area contributed by atoms with E-state index in [2.05, 4.69) is 10.6 Å². The highest BCUT2D eigenvalue weighted by Crippen LogP contribution is 2.44. The van der Waals surface area contributed by atoms with Crippen LogP contribution in [0.3, 0.4) is 0 Å². The number of benzene rings is 1. The van der Waals surface area contributed by atoms with E-state index in [1.165, 1.54) is 0 Å². The van der Waals surface area contributed by atoms with E-state index in [1.54, 1.807) is 0 Å². The third-order valence-corrected chi connectivity index (χ3v) is 3.35. The van der Waals surface area contributed by atoms with Crippen LogP contribution < -0.4 is 10.6 Å². The average molecular weight is 284 g/mol. The molecule has 1 atom stereocenters. The van der Waals surface area contributed by atoms with Gasteiger partial charge in [-0.2, -0.15) is 0 Å². The number of carbonyl (C=O) groups excluding carboxylic acids is 1. The second-order valence-corrected chi connectivity index (χ2v) is 5.46. The maximum atomic E-state index is 13.5. The zero-order valence-corrected chi connectivity index (χ0v) is 11.0. The number of amides is 2. The molecule has 0 spiro atoms. The number of aromatic carboxylic acids is 1. The van der Waals surface area contributed by atoms with Crippen LogP contribution in [0, 0.1) is 17.0 Å². The molecular weight excluding hydrogens is 270 g/mol. The van der Waals surface area contributed by atoms with Crippen LogP contribution in [0.15, 0.2) is 12.1 Å². The van der Waals surface area contributed by atoms with Gasteiger partial charge in [-0.25, -0.2) is 18.4 Å². The van der Waals surface area contributed by atoms with Gasteiger partial charge in [0.25, 0.3) is 0 Å². The molecule has 1 unspecified atom stereocenters.